The minimum absolute atomic E-state index is 0.107. The number of carbonyl (C=O) groups is 2. The quantitative estimate of drug-likeness (QED) is 0.714. The van der Waals surface area contributed by atoms with Crippen LogP contribution in [0.25, 0.3) is 0 Å². The molecule has 0 aliphatic heterocycles. The van der Waals surface area contributed by atoms with Gasteiger partial charge in [0.05, 0.1) is 12.2 Å². The first-order chi connectivity index (χ1) is 13.4. The van der Waals surface area contributed by atoms with Crippen LogP contribution in [-0.4, -0.2) is 25.1 Å². The van der Waals surface area contributed by atoms with Crippen LogP contribution in [0.5, 0.6) is 5.75 Å². The van der Waals surface area contributed by atoms with E-state index in [0.29, 0.717) is 28.8 Å². The fourth-order valence-corrected chi connectivity index (χ4v) is 5.00. The Hall–Kier alpha value is -2.34. The molecule has 0 saturated heterocycles. The van der Waals surface area contributed by atoms with Crippen LogP contribution in [0.2, 0.25) is 0 Å². The summed E-state index contributed by atoms with van der Waals surface area (Å²) in [6.45, 7) is 8.18. The van der Waals surface area contributed by atoms with E-state index >= 15 is 0 Å². The Kier molecular flexibility index (Phi) is 6.39. The van der Waals surface area contributed by atoms with Gasteiger partial charge in [0.1, 0.15) is 10.8 Å². The van der Waals surface area contributed by atoms with Crippen molar-refractivity contribution >= 4 is 28.2 Å². The lowest BCUT2D eigenvalue weighted by molar-refractivity contribution is -0.118. The van der Waals surface area contributed by atoms with Crippen LogP contribution in [0, 0.1) is 19.8 Å². The lowest BCUT2D eigenvalue weighted by Gasteiger charge is -2.18. The maximum Gasteiger partial charge on any atom is 0.341 e. The number of aryl methyl sites for hydroxylation is 2. The highest BCUT2D eigenvalue weighted by atomic mass is 32.1. The number of hydrogen-bond donors (Lipinski definition) is 1. The summed E-state index contributed by atoms with van der Waals surface area (Å²) in [5.74, 6) is 0.603. The molecule has 5 nitrogen and oxygen atoms in total. The van der Waals surface area contributed by atoms with Gasteiger partial charge in [0.15, 0.2) is 6.61 Å². The lowest BCUT2D eigenvalue weighted by Crippen LogP contribution is -2.21. The fraction of sp³-hybridized carbons (Fsp3) is 0.455. The smallest absolute Gasteiger partial charge is 0.341 e. The van der Waals surface area contributed by atoms with Gasteiger partial charge < -0.3 is 14.8 Å². The SMILES string of the molecule is CCOC(=O)c1c(NC(=O)COc2cc(C)cc(C)c2)sc2c1CCC(C)C2. The number of hydrogen-bond acceptors (Lipinski definition) is 5. The van der Waals surface area contributed by atoms with Crippen molar-refractivity contribution in [3.8, 4) is 5.75 Å². The number of thiophene rings is 1. The highest BCUT2D eigenvalue weighted by molar-refractivity contribution is 7.17. The predicted molar refractivity (Wildman–Crippen MR) is 112 cm³/mol. The monoisotopic (exact) mass is 401 g/mol. The molecule has 28 heavy (non-hydrogen) atoms. The van der Waals surface area contributed by atoms with Crippen molar-refractivity contribution in [2.75, 3.05) is 18.5 Å². The number of fused-ring (bicyclic) bond motifs is 1. The second kappa shape index (κ2) is 8.78. The van der Waals surface area contributed by atoms with E-state index in [-0.39, 0.29) is 18.5 Å². The first kappa shape index (κ1) is 20.4. The molecule has 0 saturated carbocycles. The van der Waals surface area contributed by atoms with Crippen molar-refractivity contribution < 1.29 is 19.1 Å². The Morgan fingerprint density at radius 3 is 2.61 bits per heavy atom. The van der Waals surface area contributed by atoms with Crippen molar-refractivity contribution in [2.45, 2.75) is 47.0 Å². The van der Waals surface area contributed by atoms with Gasteiger partial charge in [-0.2, -0.15) is 0 Å². The third kappa shape index (κ3) is 4.73. The Labute approximate surface area is 170 Å². The number of esters is 1. The van der Waals surface area contributed by atoms with E-state index in [0.717, 1.165) is 36.0 Å². The molecular formula is C22H27NO4S. The van der Waals surface area contributed by atoms with Crippen molar-refractivity contribution in [2.24, 2.45) is 5.92 Å². The van der Waals surface area contributed by atoms with E-state index in [1.807, 2.05) is 26.0 Å². The summed E-state index contributed by atoms with van der Waals surface area (Å²) < 4.78 is 10.9. The second-order valence-electron chi connectivity index (χ2n) is 7.44. The summed E-state index contributed by atoms with van der Waals surface area (Å²) in [5.41, 5.74) is 3.72. The molecule has 0 fully saturated rings. The second-order valence-corrected chi connectivity index (χ2v) is 8.54. The third-order valence-corrected chi connectivity index (χ3v) is 5.98. The summed E-state index contributed by atoms with van der Waals surface area (Å²) >= 11 is 1.49. The number of amides is 1. The molecule has 0 bridgehead atoms. The largest absolute Gasteiger partial charge is 0.484 e. The Balaban J connectivity index is 1.75. The topological polar surface area (TPSA) is 64.6 Å². The number of ether oxygens (including phenoxy) is 2. The van der Waals surface area contributed by atoms with Crippen LogP contribution < -0.4 is 10.1 Å². The van der Waals surface area contributed by atoms with Crippen LogP contribution in [0.1, 0.15) is 52.2 Å². The highest BCUT2D eigenvalue weighted by Crippen LogP contribution is 2.40. The predicted octanol–water partition coefficient (Wildman–Crippen LogP) is 4.68. The van der Waals surface area contributed by atoms with Gasteiger partial charge in [0, 0.05) is 4.88 Å². The molecule has 2 aromatic rings. The molecule has 1 heterocycles. The summed E-state index contributed by atoms with van der Waals surface area (Å²) in [6, 6.07) is 5.85. The van der Waals surface area contributed by atoms with E-state index < -0.39 is 0 Å². The molecule has 0 spiro atoms. The maximum absolute atomic E-state index is 12.5. The lowest BCUT2D eigenvalue weighted by atomic mass is 9.88. The molecule has 1 amide bonds. The summed E-state index contributed by atoms with van der Waals surface area (Å²) in [6.07, 6.45) is 2.82. The molecule has 1 aliphatic rings. The first-order valence-electron chi connectivity index (χ1n) is 9.70. The minimum atomic E-state index is -0.361. The summed E-state index contributed by atoms with van der Waals surface area (Å²) in [4.78, 5) is 26.2. The fourth-order valence-electron chi connectivity index (χ4n) is 3.59. The molecule has 1 aromatic heterocycles. The van der Waals surface area contributed by atoms with Crippen LogP contribution in [-0.2, 0) is 22.4 Å². The number of anilines is 1. The number of rotatable bonds is 6. The van der Waals surface area contributed by atoms with Crippen LogP contribution in [0.4, 0.5) is 5.00 Å². The molecule has 6 heteroatoms. The van der Waals surface area contributed by atoms with Crippen LogP contribution in [0.3, 0.4) is 0 Å². The van der Waals surface area contributed by atoms with E-state index in [2.05, 4.69) is 18.3 Å². The first-order valence-corrected chi connectivity index (χ1v) is 10.5. The maximum atomic E-state index is 12.5. The molecule has 1 aliphatic carbocycles. The van der Waals surface area contributed by atoms with E-state index in [4.69, 9.17) is 9.47 Å². The van der Waals surface area contributed by atoms with Gasteiger partial charge >= 0.3 is 5.97 Å². The summed E-state index contributed by atoms with van der Waals surface area (Å²) in [7, 11) is 0. The zero-order chi connectivity index (χ0) is 20.3. The van der Waals surface area contributed by atoms with Gasteiger partial charge in [0.25, 0.3) is 5.91 Å². The Morgan fingerprint density at radius 1 is 1.21 bits per heavy atom. The molecule has 1 atom stereocenters. The van der Waals surface area contributed by atoms with Crippen molar-refractivity contribution in [3.63, 3.8) is 0 Å². The third-order valence-electron chi connectivity index (χ3n) is 4.81. The summed E-state index contributed by atoms with van der Waals surface area (Å²) in [5, 5.41) is 3.45. The molecule has 1 N–H and O–H groups in total. The molecule has 3 rings (SSSR count). The van der Waals surface area contributed by atoms with E-state index in [9.17, 15) is 9.59 Å². The average molecular weight is 402 g/mol. The van der Waals surface area contributed by atoms with Gasteiger partial charge in [-0.05, 0) is 74.8 Å². The van der Waals surface area contributed by atoms with Gasteiger partial charge in [0.2, 0.25) is 0 Å². The van der Waals surface area contributed by atoms with Crippen molar-refractivity contribution in [3.05, 3.63) is 45.3 Å². The Bertz CT molecular complexity index is 867. The van der Waals surface area contributed by atoms with Crippen molar-refractivity contribution in [1.82, 2.24) is 0 Å². The van der Waals surface area contributed by atoms with Gasteiger partial charge in [-0.25, -0.2) is 4.79 Å². The molecule has 150 valence electrons. The highest BCUT2D eigenvalue weighted by Gasteiger charge is 2.29. The number of carbonyl (C=O) groups excluding carboxylic acids is 2. The normalized spacial score (nSPS) is 15.6. The van der Waals surface area contributed by atoms with Gasteiger partial charge in [-0.15, -0.1) is 11.3 Å². The van der Waals surface area contributed by atoms with Crippen LogP contribution >= 0.6 is 11.3 Å². The van der Waals surface area contributed by atoms with E-state index in [1.54, 1.807) is 6.92 Å². The Morgan fingerprint density at radius 2 is 1.93 bits per heavy atom. The molecule has 1 aromatic carbocycles. The number of nitrogens with one attached hydrogen (secondary N) is 1. The van der Waals surface area contributed by atoms with Gasteiger partial charge in [-0.3, -0.25) is 4.79 Å². The molecule has 1 unspecified atom stereocenters. The molecule has 0 radical (unpaired) electrons. The van der Waals surface area contributed by atoms with Crippen LogP contribution in [0.15, 0.2) is 18.2 Å². The minimum Gasteiger partial charge on any atom is -0.484 e. The standard InChI is InChI=1S/C22H27NO4S/c1-5-26-22(25)20-17-7-6-13(2)11-18(17)28-21(20)23-19(24)12-27-16-9-14(3)8-15(4)10-16/h8-10,13H,5-7,11-12H2,1-4H3,(H,23,24). The zero-order valence-electron chi connectivity index (χ0n) is 16.9. The molecular weight excluding hydrogens is 374 g/mol. The van der Waals surface area contributed by atoms with Crippen molar-refractivity contribution in [1.29, 1.82) is 0 Å². The number of benzene rings is 1. The average Bonchev–Trinajstić information content (AvgIpc) is 2.96. The van der Waals surface area contributed by atoms with E-state index in [1.165, 1.54) is 16.2 Å². The zero-order valence-corrected chi connectivity index (χ0v) is 17.7. The van der Waals surface area contributed by atoms with Gasteiger partial charge in [-0.1, -0.05) is 13.0 Å².